The smallest absolute Gasteiger partial charge is 0.337 e. The van der Waals surface area contributed by atoms with Crippen LogP contribution in [0.15, 0.2) is 42.5 Å². The minimum atomic E-state index is -0.485. The number of carbonyl (C=O) groups excluding carboxylic acids is 3. The molecule has 110 valence electrons. The lowest BCUT2D eigenvalue weighted by Gasteiger charge is -2.14. The number of anilines is 2. The standard InChI is InChI=1S/C16H12N2O4/c1-22-16(21)9-2-5-11(6-3-9)18-14(19)12-7-4-10(17)8-13(12)15(18)20/h2-8H,17H2,1H3. The van der Waals surface area contributed by atoms with Crippen molar-refractivity contribution >= 4 is 29.2 Å². The number of nitrogen functional groups attached to an aromatic ring is 1. The highest BCUT2D eigenvalue weighted by molar-refractivity contribution is 6.34. The van der Waals surface area contributed by atoms with Crippen LogP contribution < -0.4 is 10.6 Å². The van der Waals surface area contributed by atoms with Gasteiger partial charge in [0, 0.05) is 5.69 Å². The normalized spacial score (nSPS) is 13.2. The largest absolute Gasteiger partial charge is 0.465 e. The van der Waals surface area contributed by atoms with Crippen molar-refractivity contribution in [2.75, 3.05) is 17.7 Å². The molecule has 3 rings (SSSR count). The number of nitrogens with zero attached hydrogens (tertiary/aromatic N) is 1. The average molecular weight is 296 g/mol. The number of methoxy groups -OCH3 is 1. The Morgan fingerprint density at radius 1 is 1.00 bits per heavy atom. The summed E-state index contributed by atoms with van der Waals surface area (Å²) in [6, 6.07) is 10.6. The summed E-state index contributed by atoms with van der Waals surface area (Å²) in [5.74, 6) is -1.33. The van der Waals surface area contributed by atoms with Crippen molar-refractivity contribution in [1.82, 2.24) is 0 Å². The first-order valence-electron chi connectivity index (χ1n) is 6.49. The molecule has 0 aliphatic carbocycles. The van der Waals surface area contributed by atoms with Gasteiger partial charge >= 0.3 is 5.97 Å². The SMILES string of the molecule is COC(=O)c1ccc(N2C(=O)c3ccc(N)cc3C2=O)cc1. The monoisotopic (exact) mass is 296 g/mol. The van der Waals surface area contributed by atoms with E-state index in [-0.39, 0.29) is 5.56 Å². The number of imide groups is 1. The molecule has 0 atom stereocenters. The number of hydrogen-bond acceptors (Lipinski definition) is 5. The van der Waals surface area contributed by atoms with E-state index in [0.29, 0.717) is 22.5 Å². The van der Waals surface area contributed by atoms with Crippen LogP contribution in [0, 0.1) is 0 Å². The number of amides is 2. The molecule has 1 aliphatic heterocycles. The zero-order valence-corrected chi connectivity index (χ0v) is 11.7. The summed E-state index contributed by atoms with van der Waals surface area (Å²) in [5.41, 5.74) is 7.40. The highest BCUT2D eigenvalue weighted by atomic mass is 16.5. The van der Waals surface area contributed by atoms with Crippen molar-refractivity contribution in [1.29, 1.82) is 0 Å². The third-order valence-electron chi connectivity index (χ3n) is 3.46. The van der Waals surface area contributed by atoms with Crippen LogP contribution in [-0.4, -0.2) is 24.9 Å². The summed E-state index contributed by atoms with van der Waals surface area (Å²) in [6.07, 6.45) is 0. The van der Waals surface area contributed by atoms with Crippen molar-refractivity contribution in [3.63, 3.8) is 0 Å². The first-order valence-corrected chi connectivity index (χ1v) is 6.49. The van der Waals surface area contributed by atoms with Crippen LogP contribution >= 0.6 is 0 Å². The number of carbonyl (C=O) groups is 3. The molecule has 0 fully saturated rings. The first kappa shape index (κ1) is 13.8. The summed E-state index contributed by atoms with van der Waals surface area (Å²) in [6.45, 7) is 0. The van der Waals surface area contributed by atoms with Gasteiger partial charge in [-0.05, 0) is 42.5 Å². The van der Waals surface area contributed by atoms with E-state index < -0.39 is 17.8 Å². The van der Waals surface area contributed by atoms with Crippen molar-refractivity contribution in [2.45, 2.75) is 0 Å². The number of fused-ring (bicyclic) bond motifs is 1. The molecule has 0 radical (unpaired) electrons. The molecule has 0 unspecified atom stereocenters. The van der Waals surface area contributed by atoms with Gasteiger partial charge in [-0.2, -0.15) is 0 Å². The Labute approximate surface area is 126 Å². The van der Waals surface area contributed by atoms with E-state index in [1.54, 1.807) is 6.07 Å². The number of hydrogen-bond donors (Lipinski definition) is 1. The van der Waals surface area contributed by atoms with E-state index in [1.807, 2.05) is 0 Å². The number of nitrogens with two attached hydrogens (primary N) is 1. The van der Waals surface area contributed by atoms with Crippen molar-refractivity contribution in [2.24, 2.45) is 0 Å². The molecule has 0 spiro atoms. The van der Waals surface area contributed by atoms with Gasteiger partial charge in [-0.3, -0.25) is 9.59 Å². The van der Waals surface area contributed by atoms with Crippen molar-refractivity contribution < 1.29 is 19.1 Å². The lowest BCUT2D eigenvalue weighted by Crippen LogP contribution is -2.29. The van der Waals surface area contributed by atoms with Gasteiger partial charge in [-0.25, -0.2) is 9.69 Å². The molecule has 1 aliphatic rings. The molecular weight excluding hydrogens is 284 g/mol. The molecule has 6 nitrogen and oxygen atoms in total. The fourth-order valence-electron chi connectivity index (χ4n) is 2.36. The Bertz CT molecular complexity index is 796. The Balaban J connectivity index is 1.98. The quantitative estimate of drug-likeness (QED) is 0.519. The molecule has 2 amide bonds. The maximum absolute atomic E-state index is 12.4. The number of benzene rings is 2. The third-order valence-corrected chi connectivity index (χ3v) is 3.46. The van der Waals surface area contributed by atoms with Crippen LogP contribution in [0.2, 0.25) is 0 Å². The van der Waals surface area contributed by atoms with Gasteiger partial charge in [-0.1, -0.05) is 0 Å². The van der Waals surface area contributed by atoms with E-state index >= 15 is 0 Å². The van der Waals surface area contributed by atoms with E-state index in [4.69, 9.17) is 5.73 Å². The van der Waals surface area contributed by atoms with E-state index in [0.717, 1.165) is 4.90 Å². The molecule has 2 N–H and O–H groups in total. The molecule has 22 heavy (non-hydrogen) atoms. The Kier molecular flexibility index (Phi) is 3.14. The zero-order chi connectivity index (χ0) is 15.9. The summed E-state index contributed by atoms with van der Waals surface area (Å²) in [4.78, 5) is 37.2. The number of ether oxygens (including phenoxy) is 1. The Hall–Kier alpha value is -3.15. The highest BCUT2D eigenvalue weighted by Gasteiger charge is 2.36. The molecule has 2 aromatic carbocycles. The molecule has 1 heterocycles. The van der Waals surface area contributed by atoms with E-state index in [9.17, 15) is 14.4 Å². The van der Waals surface area contributed by atoms with Gasteiger partial charge in [0.2, 0.25) is 0 Å². The highest BCUT2D eigenvalue weighted by Crippen LogP contribution is 2.29. The molecule has 0 bridgehead atoms. The van der Waals surface area contributed by atoms with Crippen LogP contribution in [0.1, 0.15) is 31.1 Å². The zero-order valence-electron chi connectivity index (χ0n) is 11.7. The van der Waals surface area contributed by atoms with Gasteiger partial charge in [0.05, 0.1) is 29.5 Å². The lowest BCUT2D eigenvalue weighted by molar-refractivity contribution is 0.0600. The number of rotatable bonds is 2. The molecule has 0 aromatic heterocycles. The van der Waals surface area contributed by atoms with Crippen LogP contribution in [0.3, 0.4) is 0 Å². The maximum atomic E-state index is 12.4. The average Bonchev–Trinajstić information content (AvgIpc) is 2.78. The van der Waals surface area contributed by atoms with Gasteiger partial charge in [0.15, 0.2) is 0 Å². The van der Waals surface area contributed by atoms with Crippen LogP contribution in [-0.2, 0) is 4.74 Å². The molecular formula is C16H12N2O4. The molecule has 0 saturated carbocycles. The van der Waals surface area contributed by atoms with E-state index in [2.05, 4.69) is 4.74 Å². The predicted octanol–water partition coefficient (Wildman–Crippen LogP) is 1.86. The molecule has 2 aromatic rings. The topological polar surface area (TPSA) is 89.7 Å². The van der Waals surface area contributed by atoms with Gasteiger partial charge in [0.25, 0.3) is 11.8 Å². The maximum Gasteiger partial charge on any atom is 0.337 e. The van der Waals surface area contributed by atoms with Crippen molar-refractivity contribution in [3.8, 4) is 0 Å². The molecule has 0 saturated heterocycles. The minimum Gasteiger partial charge on any atom is -0.465 e. The van der Waals surface area contributed by atoms with Crippen LogP contribution in [0.25, 0.3) is 0 Å². The predicted molar refractivity (Wildman–Crippen MR) is 79.8 cm³/mol. The second kappa shape index (κ2) is 5.00. The third kappa shape index (κ3) is 2.01. The van der Waals surface area contributed by atoms with Crippen LogP contribution in [0.4, 0.5) is 11.4 Å². The minimum absolute atomic E-state index is 0.280. The fraction of sp³-hybridized carbons (Fsp3) is 0.0625. The van der Waals surface area contributed by atoms with Crippen molar-refractivity contribution in [3.05, 3.63) is 59.2 Å². The van der Waals surface area contributed by atoms with Gasteiger partial charge < -0.3 is 10.5 Å². The summed E-state index contributed by atoms with van der Waals surface area (Å²) >= 11 is 0. The summed E-state index contributed by atoms with van der Waals surface area (Å²) in [7, 11) is 1.28. The summed E-state index contributed by atoms with van der Waals surface area (Å²) < 4.78 is 4.61. The molecule has 6 heteroatoms. The second-order valence-corrected chi connectivity index (χ2v) is 4.79. The Morgan fingerprint density at radius 3 is 2.27 bits per heavy atom. The second-order valence-electron chi connectivity index (χ2n) is 4.79. The van der Waals surface area contributed by atoms with Gasteiger partial charge in [-0.15, -0.1) is 0 Å². The lowest BCUT2D eigenvalue weighted by atomic mass is 10.1. The van der Waals surface area contributed by atoms with Crippen LogP contribution in [0.5, 0.6) is 0 Å². The number of esters is 1. The Morgan fingerprint density at radius 2 is 1.64 bits per heavy atom. The fourth-order valence-corrected chi connectivity index (χ4v) is 2.36. The van der Waals surface area contributed by atoms with E-state index in [1.165, 1.54) is 43.5 Å². The van der Waals surface area contributed by atoms with Gasteiger partial charge in [0.1, 0.15) is 0 Å². The first-order chi connectivity index (χ1) is 10.5. The summed E-state index contributed by atoms with van der Waals surface area (Å²) in [5, 5.41) is 0.